The Hall–Kier alpha value is -3.32. The summed E-state index contributed by atoms with van der Waals surface area (Å²) in [5.41, 5.74) is 2.50. The van der Waals surface area contributed by atoms with Gasteiger partial charge in [-0.1, -0.05) is 18.2 Å². The van der Waals surface area contributed by atoms with E-state index < -0.39 is 12.3 Å². The summed E-state index contributed by atoms with van der Waals surface area (Å²) in [6.07, 6.45) is 0.611. The third kappa shape index (κ3) is 4.32. The first kappa shape index (κ1) is 19.4. The second-order valence-corrected chi connectivity index (χ2v) is 6.16. The molecule has 0 aliphatic carbocycles. The number of carbonyl (C=O) groups is 2. The van der Waals surface area contributed by atoms with Crippen LogP contribution < -0.4 is 14.8 Å². The minimum Gasteiger partial charge on any atom is -0.493 e. The number of hydrogen-bond donors (Lipinski definition) is 2. The second kappa shape index (κ2) is 8.58. The van der Waals surface area contributed by atoms with E-state index in [1.54, 1.807) is 38.5 Å². The van der Waals surface area contributed by atoms with E-state index in [1.807, 2.05) is 18.2 Å². The number of methoxy groups -OCH3 is 2. The van der Waals surface area contributed by atoms with Crippen molar-refractivity contribution < 1.29 is 28.9 Å². The predicted octanol–water partition coefficient (Wildman–Crippen LogP) is 1.93. The molecule has 1 heterocycles. The average molecular weight is 383 g/mol. The SMILES string of the molecule is COc1ccc(CCNC(=O)c2ccc(C3=CC(=O)OC3O)cc2)cc1OC. The fourth-order valence-corrected chi connectivity index (χ4v) is 2.90. The van der Waals surface area contributed by atoms with Crippen molar-refractivity contribution in [2.45, 2.75) is 12.7 Å². The number of amides is 1. The van der Waals surface area contributed by atoms with Crippen LogP contribution in [0.3, 0.4) is 0 Å². The molecular weight excluding hydrogens is 362 g/mol. The number of cyclic esters (lactones) is 1. The van der Waals surface area contributed by atoms with Gasteiger partial charge in [-0.25, -0.2) is 4.79 Å². The summed E-state index contributed by atoms with van der Waals surface area (Å²) in [5.74, 6) is 0.512. The van der Waals surface area contributed by atoms with Gasteiger partial charge in [0.1, 0.15) is 0 Å². The van der Waals surface area contributed by atoms with Crippen LogP contribution in [0.5, 0.6) is 11.5 Å². The van der Waals surface area contributed by atoms with Crippen LogP contribution in [0.15, 0.2) is 48.5 Å². The van der Waals surface area contributed by atoms with Gasteiger partial charge in [-0.05, 0) is 41.8 Å². The van der Waals surface area contributed by atoms with Crippen molar-refractivity contribution in [1.82, 2.24) is 5.32 Å². The molecule has 1 amide bonds. The zero-order chi connectivity index (χ0) is 20.1. The van der Waals surface area contributed by atoms with Gasteiger partial charge in [0, 0.05) is 23.8 Å². The smallest absolute Gasteiger partial charge is 0.333 e. The lowest BCUT2D eigenvalue weighted by molar-refractivity contribution is -0.149. The summed E-state index contributed by atoms with van der Waals surface area (Å²) in [6, 6.07) is 12.2. The van der Waals surface area contributed by atoms with Crippen molar-refractivity contribution in [2.75, 3.05) is 20.8 Å². The number of esters is 1. The summed E-state index contributed by atoms with van der Waals surface area (Å²) in [4.78, 5) is 23.5. The number of rotatable bonds is 7. The van der Waals surface area contributed by atoms with Gasteiger partial charge in [-0.15, -0.1) is 0 Å². The molecule has 7 nitrogen and oxygen atoms in total. The number of nitrogens with one attached hydrogen (secondary N) is 1. The Labute approximate surface area is 162 Å². The molecule has 2 N–H and O–H groups in total. The van der Waals surface area contributed by atoms with Crippen molar-refractivity contribution in [2.24, 2.45) is 0 Å². The maximum atomic E-state index is 12.3. The summed E-state index contributed by atoms with van der Waals surface area (Å²) in [6.45, 7) is 0.461. The largest absolute Gasteiger partial charge is 0.493 e. The molecular formula is C21H21NO6. The van der Waals surface area contributed by atoms with Gasteiger partial charge in [-0.3, -0.25) is 4.79 Å². The maximum Gasteiger partial charge on any atom is 0.333 e. The first-order chi connectivity index (χ1) is 13.5. The highest BCUT2D eigenvalue weighted by Crippen LogP contribution is 2.27. The average Bonchev–Trinajstić information content (AvgIpc) is 3.05. The Morgan fingerprint density at radius 1 is 1.11 bits per heavy atom. The number of ether oxygens (including phenoxy) is 3. The van der Waals surface area contributed by atoms with Gasteiger partial charge >= 0.3 is 5.97 Å². The van der Waals surface area contributed by atoms with E-state index in [-0.39, 0.29) is 5.91 Å². The van der Waals surface area contributed by atoms with Crippen LogP contribution in [0.1, 0.15) is 21.5 Å². The highest BCUT2D eigenvalue weighted by atomic mass is 16.6. The standard InChI is InChI=1S/C21H21NO6/c1-26-17-8-3-13(11-18(17)27-2)9-10-22-20(24)15-6-4-14(5-7-15)16-12-19(23)28-21(16)25/h3-8,11-12,21,25H,9-10H2,1-2H3,(H,22,24). The lowest BCUT2D eigenvalue weighted by Crippen LogP contribution is -2.25. The van der Waals surface area contributed by atoms with E-state index in [9.17, 15) is 14.7 Å². The molecule has 0 bridgehead atoms. The molecule has 2 aromatic carbocycles. The minimum absolute atomic E-state index is 0.208. The third-order valence-electron chi connectivity index (χ3n) is 4.39. The van der Waals surface area contributed by atoms with Crippen LogP contribution >= 0.6 is 0 Å². The maximum absolute atomic E-state index is 12.3. The van der Waals surface area contributed by atoms with Crippen LogP contribution in [0.4, 0.5) is 0 Å². The molecule has 1 aliphatic heterocycles. The Balaban J connectivity index is 1.57. The molecule has 0 aromatic heterocycles. The Morgan fingerprint density at radius 2 is 1.82 bits per heavy atom. The van der Waals surface area contributed by atoms with E-state index in [4.69, 9.17) is 9.47 Å². The fourth-order valence-electron chi connectivity index (χ4n) is 2.90. The number of aliphatic hydroxyl groups excluding tert-OH is 1. The predicted molar refractivity (Wildman–Crippen MR) is 102 cm³/mol. The molecule has 146 valence electrons. The van der Waals surface area contributed by atoms with Gasteiger partial charge in [0.05, 0.1) is 14.2 Å². The molecule has 1 unspecified atom stereocenters. The highest BCUT2D eigenvalue weighted by molar-refractivity contribution is 5.97. The van der Waals surface area contributed by atoms with Crippen LogP contribution in [-0.2, 0) is 16.0 Å². The van der Waals surface area contributed by atoms with Crippen LogP contribution in [-0.4, -0.2) is 44.0 Å². The number of benzene rings is 2. The highest BCUT2D eigenvalue weighted by Gasteiger charge is 2.24. The van der Waals surface area contributed by atoms with Gasteiger partial charge in [-0.2, -0.15) is 0 Å². The molecule has 0 spiro atoms. The summed E-state index contributed by atoms with van der Waals surface area (Å²) >= 11 is 0. The molecule has 28 heavy (non-hydrogen) atoms. The van der Waals surface area contributed by atoms with Crippen molar-refractivity contribution in [3.05, 3.63) is 65.2 Å². The van der Waals surface area contributed by atoms with E-state index in [2.05, 4.69) is 10.1 Å². The first-order valence-corrected chi connectivity index (χ1v) is 8.71. The molecule has 7 heteroatoms. The topological polar surface area (TPSA) is 94.1 Å². The van der Waals surface area contributed by atoms with Crippen LogP contribution in [0.2, 0.25) is 0 Å². The van der Waals surface area contributed by atoms with E-state index in [1.165, 1.54) is 6.08 Å². The molecule has 1 atom stereocenters. The number of aliphatic hydroxyl groups is 1. The molecule has 0 saturated carbocycles. The number of hydrogen-bond acceptors (Lipinski definition) is 6. The van der Waals surface area contributed by atoms with Crippen LogP contribution in [0.25, 0.3) is 5.57 Å². The molecule has 3 rings (SSSR count). The van der Waals surface area contributed by atoms with E-state index in [0.29, 0.717) is 41.2 Å². The van der Waals surface area contributed by atoms with Gasteiger partial charge in [0.25, 0.3) is 5.91 Å². The zero-order valence-corrected chi connectivity index (χ0v) is 15.6. The Bertz CT molecular complexity index is 904. The van der Waals surface area contributed by atoms with Crippen LogP contribution in [0, 0.1) is 0 Å². The summed E-state index contributed by atoms with van der Waals surface area (Å²) in [5, 5.41) is 12.5. The normalized spacial score (nSPS) is 15.6. The van der Waals surface area contributed by atoms with Crippen molar-refractivity contribution in [3.8, 4) is 11.5 Å². The molecule has 1 aliphatic rings. The Morgan fingerprint density at radius 3 is 2.43 bits per heavy atom. The molecule has 0 radical (unpaired) electrons. The van der Waals surface area contributed by atoms with Gasteiger partial charge in [0.15, 0.2) is 11.5 Å². The summed E-state index contributed by atoms with van der Waals surface area (Å²) in [7, 11) is 3.16. The minimum atomic E-state index is -1.27. The van der Waals surface area contributed by atoms with Crippen molar-refractivity contribution in [1.29, 1.82) is 0 Å². The summed E-state index contributed by atoms with van der Waals surface area (Å²) < 4.78 is 15.1. The number of carbonyl (C=O) groups excluding carboxylic acids is 2. The van der Waals surface area contributed by atoms with Gasteiger partial charge in [0.2, 0.25) is 6.29 Å². The van der Waals surface area contributed by atoms with Gasteiger partial charge < -0.3 is 24.6 Å². The second-order valence-electron chi connectivity index (χ2n) is 6.16. The quantitative estimate of drug-likeness (QED) is 0.710. The molecule has 0 fully saturated rings. The first-order valence-electron chi connectivity index (χ1n) is 8.71. The van der Waals surface area contributed by atoms with E-state index in [0.717, 1.165) is 5.56 Å². The monoisotopic (exact) mass is 383 g/mol. The molecule has 0 saturated heterocycles. The lowest BCUT2D eigenvalue weighted by atomic mass is 10.0. The molecule has 2 aromatic rings. The van der Waals surface area contributed by atoms with E-state index >= 15 is 0 Å². The van der Waals surface area contributed by atoms with Crippen molar-refractivity contribution >= 4 is 17.4 Å². The van der Waals surface area contributed by atoms with Crippen molar-refractivity contribution in [3.63, 3.8) is 0 Å². The zero-order valence-electron chi connectivity index (χ0n) is 15.6. The fraction of sp³-hybridized carbons (Fsp3) is 0.238. The third-order valence-corrected chi connectivity index (χ3v) is 4.39. The Kier molecular flexibility index (Phi) is 5.96. The lowest BCUT2D eigenvalue weighted by Gasteiger charge is -2.11.